The van der Waals surface area contributed by atoms with E-state index in [4.69, 9.17) is 0 Å². The van der Waals surface area contributed by atoms with Crippen molar-refractivity contribution in [2.24, 2.45) is 10.2 Å². The Bertz CT molecular complexity index is 1130. The maximum absolute atomic E-state index is 11.5. The predicted octanol–water partition coefficient (Wildman–Crippen LogP) is 3.68. The van der Waals surface area contributed by atoms with Crippen molar-refractivity contribution in [3.8, 4) is 11.3 Å². The van der Waals surface area contributed by atoms with Gasteiger partial charge >= 0.3 is 0 Å². The fourth-order valence-electron chi connectivity index (χ4n) is 2.92. The number of fused-ring (bicyclic) bond motifs is 1. The van der Waals surface area contributed by atoms with E-state index in [1.165, 1.54) is 23.9 Å². The Hall–Kier alpha value is -3.46. The van der Waals surface area contributed by atoms with Gasteiger partial charge in [0.05, 0.1) is 22.1 Å². The topological polar surface area (TPSA) is 113 Å². The van der Waals surface area contributed by atoms with Crippen molar-refractivity contribution in [3.63, 3.8) is 0 Å². The Kier molecular flexibility index (Phi) is 4.66. The molecule has 2 N–H and O–H groups in total. The fraction of sp³-hybridized carbons (Fsp3) is 0.105. The van der Waals surface area contributed by atoms with Gasteiger partial charge in [0.25, 0.3) is 5.69 Å². The molecule has 1 unspecified atom stereocenters. The number of carbonyl (C=O) groups is 1. The minimum Gasteiger partial charge on any atom is -0.354 e. The number of carbonyl (C=O) groups excluding carboxylic acids is 1. The second-order valence-corrected chi connectivity index (χ2v) is 7.49. The van der Waals surface area contributed by atoms with Gasteiger partial charge in [-0.1, -0.05) is 30.0 Å². The molecule has 1 fully saturated rings. The molecule has 2 heterocycles. The third kappa shape index (κ3) is 3.39. The number of nitrogens with zero attached hydrogens (tertiary/aromatic N) is 3. The van der Waals surface area contributed by atoms with Crippen LogP contribution in [0.25, 0.3) is 22.2 Å². The predicted molar refractivity (Wildman–Crippen MR) is 111 cm³/mol. The van der Waals surface area contributed by atoms with Crippen molar-refractivity contribution >= 4 is 45.6 Å². The van der Waals surface area contributed by atoms with Crippen LogP contribution in [0.4, 0.5) is 5.69 Å². The molecule has 1 aliphatic rings. The van der Waals surface area contributed by atoms with Crippen LogP contribution < -0.4 is 5.32 Å². The zero-order valence-corrected chi connectivity index (χ0v) is 15.6. The molecule has 1 atom stereocenters. The monoisotopic (exact) mass is 393 g/mol. The standard InChI is InChI=1S/C19H15N5O3S/c1-11-18(25)22-19(28-11)23-20-10-15-14-4-2-3-5-16(14)21-17(15)12-6-8-13(9-7-12)24(26)27/h2-11,21H,1H3,(H,22,23,25)/b20-10+. The molecule has 0 aliphatic carbocycles. The first-order valence-electron chi connectivity index (χ1n) is 8.47. The molecular weight excluding hydrogens is 378 g/mol. The molecule has 140 valence electrons. The van der Waals surface area contributed by atoms with E-state index in [9.17, 15) is 14.9 Å². The Morgan fingerprint density at radius 1 is 1.18 bits per heavy atom. The normalized spacial score (nSPS) is 18.2. The van der Waals surface area contributed by atoms with Crippen molar-refractivity contribution < 1.29 is 9.72 Å². The number of para-hydroxylation sites is 1. The van der Waals surface area contributed by atoms with E-state index in [2.05, 4.69) is 20.5 Å². The third-order valence-electron chi connectivity index (χ3n) is 4.34. The molecule has 0 spiro atoms. The Labute approximate surface area is 163 Å². The zero-order valence-electron chi connectivity index (χ0n) is 14.7. The minimum absolute atomic E-state index is 0.0320. The van der Waals surface area contributed by atoms with E-state index < -0.39 is 4.92 Å². The number of amides is 1. The second-order valence-electron chi connectivity index (χ2n) is 6.16. The number of non-ortho nitro benzene ring substituents is 1. The maximum atomic E-state index is 11.5. The average Bonchev–Trinajstić information content (AvgIpc) is 3.22. The smallest absolute Gasteiger partial charge is 0.269 e. The number of hydrogen-bond acceptors (Lipinski definition) is 6. The van der Waals surface area contributed by atoms with Crippen LogP contribution in [0.5, 0.6) is 0 Å². The quantitative estimate of drug-likeness (QED) is 0.400. The Balaban J connectivity index is 1.73. The maximum Gasteiger partial charge on any atom is 0.269 e. The molecule has 4 rings (SSSR count). The average molecular weight is 393 g/mol. The molecule has 9 heteroatoms. The molecule has 1 aromatic heterocycles. The van der Waals surface area contributed by atoms with Gasteiger partial charge in [-0.05, 0) is 30.7 Å². The van der Waals surface area contributed by atoms with Crippen LogP contribution >= 0.6 is 11.8 Å². The number of nitrogens with one attached hydrogen (secondary N) is 2. The summed E-state index contributed by atoms with van der Waals surface area (Å²) in [5.74, 6) is -0.0855. The summed E-state index contributed by atoms with van der Waals surface area (Å²) in [4.78, 5) is 25.4. The number of thioether (sulfide) groups is 1. The Morgan fingerprint density at radius 3 is 2.61 bits per heavy atom. The number of rotatable bonds is 4. The van der Waals surface area contributed by atoms with E-state index in [0.29, 0.717) is 5.17 Å². The first-order chi connectivity index (χ1) is 13.5. The summed E-state index contributed by atoms with van der Waals surface area (Å²) in [5.41, 5.74) is 3.35. The summed E-state index contributed by atoms with van der Waals surface area (Å²) in [7, 11) is 0. The number of amidine groups is 1. The van der Waals surface area contributed by atoms with E-state index >= 15 is 0 Å². The third-order valence-corrected chi connectivity index (χ3v) is 5.31. The molecule has 1 aliphatic heterocycles. The van der Waals surface area contributed by atoms with Crippen LogP contribution in [0.1, 0.15) is 12.5 Å². The molecule has 0 saturated carbocycles. The van der Waals surface area contributed by atoms with Crippen LogP contribution in [0.15, 0.2) is 58.7 Å². The van der Waals surface area contributed by atoms with Gasteiger partial charge in [-0.3, -0.25) is 14.9 Å². The van der Waals surface area contributed by atoms with Gasteiger partial charge in [0.2, 0.25) is 5.91 Å². The second kappa shape index (κ2) is 7.28. The highest BCUT2D eigenvalue weighted by Gasteiger charge is 2.25. The summed E-state index contributed by atoms with van der Waals surface area (Å²) in [5, 5.41) is 23.0. The number of hydrogen-bond donors (Lipinski definition) is 2. The lowest BCUT2D eigenvalue weighted by Gasteiger charge is -2.00. The Morgan fingerprint density at radius 2 is 1.93 bits per heavy atom. The van der Waals surface area contributed by atoms with E-state index in [1.54, 1.807) is 25.3 Å². The molecule has 3 aromatic rings. The lowest BCUT2D eigenvalue weighted by atomic mass is 10.1. The van der Waals surface area contributed by atoms with Crippen molar-refractivity contribution in [3.05, 3.63) is 64.2 Å². The molecule has 0 radical (unpaired) electrons. The van der Waals surface area contributed by atoms with E-state index in [0.717, 1.165) is 27.7 Å². The zero-order chi connectivity index (χ0) is 19.7. The molecule has 0 bridgehead atoms. The minimum atomic E-state index is -0.429. The van der Waals surface area contributed by atoms with Crippen molar-refractivity contribution in [2.45, 2.75) is 12.2 Å². The van der Waals surface area contributed by atoms with Gasteiger partial charge in [0.15, 0.2) is 5.17 Å². The van der Waals surface area contributed by atoms with Crippen LogP contribution in [0.3, 0.4) is 0 Å². The summed E-state index contributed by atoms with van der Waals surface area (Å²) < 4.78 is 0. The molecule has 2 aromatic carbocycles. The highest BCUT2D eigenvalue weighted by molar-refractivity contribution is 8.15. The van der Waals surface area contributed by atoms with Gasteiger partial charge in [0.1, 0.15) is 0 Å². The van der Waals surface area contributed by atoms with Crippen molar-refractivity contribution in [1.82, 2.24) is 10.3 Å². The number of nitro groups is 1. The van der Waals surface area contributed by atoms with Crippen LogP contribution in [0, 0.1) is 10.1 Å². The molecular formula is C19H15N5O3S. The van der Waals surface area contributed by atoms with E-state index in [-0.39, 0.29) is 16.8 Å². The van der Waals surface area contributed by atoms with Crippen LogP contribution in [-0.2, 0) is 4.79 Å². The molecule has 1 amide bonds. The van der Waals surface area contributed by atoms with Crippen molar-refractivity contribution in [2.75, 3.05) is 0 Å². The highest BCUT2D eigenvalue weighted by atomic mass is 32.2. The van der Waals surface area contributed by atoms with E-state index in [1.807, 2.05) is 24.3 Å². The number of aromatic nitrogens is 1. The van der Waals surface area contributed by atoms with Crippen LogP contribution in [0.2, 0.25) is 0 Å². The van der Waals surface area contributed by atoms with Gasteiger partial charge in [-0.2, -0.15) is 5.10 Å². The largest absolute Gasteiger partial charge is 0.354 e. The first-order valence-corrected chi connectivity index (χ1v) is 9.35. The summed E-state index contributed by atoms with van der Waals surface area (Å²) in [6.45, 7) is 1.80. The SMILES string of the molecule is CC1S/C(=N\N=C\c2c(-c3ccc([N+](=O)[O-])cc3)[nH]c3ccccc23)NC1=O. The number of H-pyrrole nitrogens is 1. The molecule has 1 saturated heterocycles. The molecule has 28 heavy (non-hydrogen) atoms. The number of benzene rings is 2. The van der Waals surface area contributed by atoms with Crippen LogP contribution in [-0.4, -0.2) is 32.4 Å². The van der Waals surface area contributed by atoms with Gasteiger partial charge in [-0.15, -0.1) is 5.10 Å². The molecule has 8 nitrogen and oxygen atoms in total. The van der Waals surface area contributed by atoms with Gasteiger partial charge in [0, 0.05) is 28.6 Å². The summed E-state index contributed by atoms with van der Waals surface area (Å²) in [6.07, 6.45) is 1.62. The highest BCUT2D eigenvalue weighted by Crippen LogP contribution is 2.30. The number of nitro benzene ring substituents is 1. The van der Waals surface area contributed by atoms with Gasteiger partial charge < -0.3 is 10.3 Å². The fourth-order valence-corrected chi connectivity index (χ4v) is 3.67. The lowest BCUT2D eigenvalue weighted by molar-refractivity contribution is -0.384. The summed E-state index contributed by atoms with van der Waals surface area (Å²) in [6, 6.07) is 14.1. The van der Waals surface area contributed by atoms with Crippen molar-refractivity contribution in [1.29, 1.82) is 0 Å². The first kappa shape index (κ1) is 17.9. The van der Waals surface area contributed by atoms with Gasteiger partial charge in [-0.25, -0.2) is 0 Å². The number of aromatic amines is 1. The lowest BCUT2D eigenvalue weighted by Crippen LogP contribution is -2.23. The summed E-state index contributed by atoms with van der Waals surface area (Å²) >= 11 is 1.32.